The number of rotatable bonds is 9. The summed E-state index contributed by atoms with van der Waals surface area (Å²) < 4.78 is 26.3. The zero-order valence-electron chi connectivity index (χ0n) is 20.9. The Hall–Kier alpha value is -1.42. The van der Waals surface area contributed by atoms with Crippen molar-refractivity contribution in [3.05, 3.63) is 61.0 Å². The lowest BCUT2D eigenvalue weighted by Crippen LogP contribution is -2.55. The Morgan fingerprint density at radius 1 is 0.919 bits per heavy atom. The minimum atomic E-state index is -4.00. The number of benzene rings is 2. The molecule has 2 aromatic rings. The van der Waals surface area contributed by atoms with Crippen LogP contribution in [-0.4, -0.2) is 49.5 Å². The van der Waals surface area contributed by atoms with Gasteiger partial charge in [0.05, 0.1) is 37.1 Å². The fourth-order valence-corrected chi connectivity index (χ4v) is 5.37. The van der Waals surface area contributed by atoms with Crippen LogP contribution in [0.15, 0.2) is 30.3 Å². The number of nitrogens with one attached hydrogen (secondary N) is 1. The Kier molecular flexibility index (Phi) is 10.8. The largest absolute Gasteiger partial charge is 0.350 e. The van der Waals surface area contributed by atoms with Crippen molar-refractivity contribution in [2.45, 2.75) is 52.2 Å². The second kappa shape index (κ2) is 12.6. The highest BCUT2D eigenvalue weighted by atomic mass is 35.5. The third-order valence-electron chi connectivity index (χ3n) is 5.16. The van der Waals surface area contributed by atoms with Gasteiger partial charge in [-0.25, -0.2) is 8.42 Å². The predicted octanol–water partition coefficient (Wildman–Crippen LogP) is 6.44. The molecule has 0 saturated carbocycles. The minimum Gasteiger partial charge on any atom is -0.350 e. The molecule has 0 saturated heterocycles. The molecule has 0 unspecified atom stereocenters. The summed E-state index contributed by atoms with van der Waals surface area (Å²) in [6, 6.07) is 6.49. The van der Waals surface area contributed by atoms with Gasteiger partial charge in [-0.3, -0.25) is 13.9 Å². The molecule has 37 heavy (non-hydrogen) atoms. The molecule has 7 nitrogen and oxygen atoms in total. The summed E-state index contributed by atoms with van der Waals surface area (Å²) in [5, 5.41) is 3.67. The molecule has 2 rings (SSSR count). The van der Waals surface area contributed by atoms with E-state index in [1.807, 2.05) is 20.8 Å². The van der Waals surface area contributed by atoms with Gasteiger partial charge >= 0.3 is 0 Å². The van der Waals surface area contributed by atoms with Crippen molar-refractivity contribution in [1.82, 2.24) is 10.2 Å². The topological polar surface area (TPSA) is 86.8 Å². The highest BCUT2D eigenvalue weighted by Gasteiger charge is 2.33. The van der Waals surface area contributed by atoms with Crippen molar-refractivity contribution < 1.29 is 18.0 Å². The van der Waals surface area contributed by atoms with Gasteiger partial charge in [-0.2, -0.15) is 0 Å². The Balaban J connectivity index is 2.55. The third kappa shape index (κ3) is 8.80. The van der Waals surface area contributed by atoms with Crippen LogP contribution in [0.5, 0.6) is 0 Å². The molecule has 0 aliphatic rings. The molecule has 0 heterocycles. The third-order valence-corrected chi connectivity index (χ3v) is 8.05. The summed E-state index contributed by atoms with van der Waals surface area (Å²) in [7, 11) is -4.00. The van der Waals surface area contributed by atoms with Crippen molar-refractivity contribution in [3.8, 4) is 0 Å². The van der Waals surface area contributed by atoms with Crippen LogP contribution < -0.4 is 9.62 Å². The molecule has 0 spiro atoms. The van der Waals surface area contributed by atoms with Crippen LogP contribution in [-0.2, 0) is 26.2 Å². The molecule has 2 amide bonds. The summed E-state index contributed by atoms with van der Waals surface area (Å²) in [5.41, 5.74) is 0.0201. The van der Waals surface area contributed by atoms with Crippen molar-refractivity contribution in [3.63, 3.8) is 0 Å². The summed E-state index contributed by atoms with van der Waals surface area (Å²) in [5.74, 6) is -1.03. The Labute approximate surface area is 243 Å². The van der Waals surface area contributed by atoms with Crippen LogP contribution in [0.4, 0.5) is 5.69 Å². The second-order valence-corrected chi connectivity index (χ2v) is 13.4. The van der Waals surface area contributed by atoms with Gasteiger partial charge < -0.3 is 10.2 Å². The van der Waals surface area contributed by atoms with Crippen LogP contribution in [0.3, 0.4) is 0 Å². The van der Waals surface area contributed by atoms with Crippen LogP contribution in [0.1, 0.15) is 39.7 Å². The number of carbonyl (C=O) groups is 2. The lowest BCUT2D eigenvalue weighted by Gasteiger charge is -2.34. The van der Waals surface area contributed by atoms with E-state index >= 15 is 0 Å². The molecule has 204 valence electrons. The van der Waals surface area contributed by atoms with E-state index in [1.165, 1.54) is 17.0 Å². The van der Waals surface area contributed by atoms with Gasteiger partial charge in [0, 0.05) is 12.1 Å². The second-order valence-electron chi connectivity index (χ2n) is 9.42. The first-order chi connectivity index (χ1) is 16.9. The lowest BCUT2D eigenvalue weighted by atomic mass is 10.1. The van der Waals surface area contributed by atoms with Crippen LogP contribution in [0.25, 0.3) is 0 Å². The SMILES string of the molecule is CC[C@H](C(=O)NC(C)(C)C)N(Cc1ccc(Cl)c(Cl)c1)C(=O)CN(c1cc(Cl)c(Cl)cc1Cl)S(C)(=O)=O. The van der Waals surface area contributed by atoms with Gasteiger partial charge in [0.15, 0.2) is 0 Å². The highest BCUT2D eigenvalue weighted by molar-refractivity contribution is 7.92. The lowest BCUT2D eigenvalue weighted by molar-refractivity contribution is -0.141. The molecule has 0 radical (unpaired) electrons. The van der Waals surface area contributed by atoms with E-state index in [4.69, 9.17) is 58.0 Å². The normalized spacial score (nSPS) is 12.7. The first-order valence-electron chi connectivity index (χ1n) is 11.1. The Bertz CT molecular complexity index is 1280. The minimum absolute atomic E-state index is 0.0128. The van der Waals surface area contributed by atoms with E-state index in [1.54, 1.807) is 25.1 Å². The van der Waals surface area contributed by atoms with Crippen molar-refractivity contribution >= 4 is 85.5 Å². The number of hydrogen-bond acceptors (Lipinski definition) is 4. The fraction of sp³-hybridized carbons (Fsp3) is 0.417. The summed E-state index contributed by atoms with van der Waals surface area (Å²) in [6.45, 7) is 6.54. The van der Waals surface area contributed by atoms with Gasteiger partial charge in [-0.1, -0.05) is 71.0 Å². The maximum absolute atomic E-state index is 13.7. The molecule has 0 aliphatic heterocycles. The summed E-state index contributed by atoms with van der Waals surface area (Å²) in [4.78, 5) is 28.3. The standard InChI is InChI=1S/C24H28Cl5N3O4S/c1-6-20(23(34)30-24(2,3)4)31(12-14-7-8-15(25)16(26)9-14)22(33)13-32(37(5,35)36)21-11-18(28)17(27)10-19(21)29/h7-11,20H,6,12-13H2,1-5H3,(H,30,34)/t20-/m1/s1. The maximum atomic E-state index is 13.7. The van der Waals surface area contributed by atoms with Crippen LogP contribution in [0.2, 0.25) is 25.1 Å². The van der Waals surface area contributed by atoms with E-state index in [0.29, 0.717) is 10.6 Å². The maximum Gasteiger partial charge on any atom is 0.244 e. The van der Waals surface area contributed by atoms with Crippen LogP contribution in [0, 0.1) is 0 Å². The summed E-state index contributed by atoms with van der Waals surface area (Å²) >= 11 is 30.6. The average molecular weight is 632 g/mol. The Morgan fingerprint density at radius 2 is 1.49 bits per heavy atom. The van der Waals surface area contributed by atoms with Gasteiger partial charge in [0.1, 0.15) is 12.6 Å². The average Bonchev–Trinajstić information content (AvgIpc) is 2.75. The van der Waals surface area contributed by atoms with E-state index in [9.17, 15) is 18.0 Å². The first kappa shape index (κ1) is 31.8. The van der Waals surface area contributed by atoms with Crippen LogP contribution >= 0.6 is 58.0 Å². The number of nitrogens with zero attached hydrogens (tertiary/aromatic N) is 2. The molecule has 13 heteroatoms. The summed E-state index contributed by atoms with van der Waals surface area (Å²) in [6.07, 6.45) is 1.20. The number of anilines is 1. The fourth-order valence-electron chi connectivity index (χ4n) is 3.51. The molecule has 0 fully saturated rings. The molecule has 0 aliphatic carbocycles. The number of hydrogen-bond donors (Lipinski definition) is 1. The van der Waals surface area contributed by atoms with Gasteiger partial charge in [-0.05, 0) is 57.0 Å². The molecular formula is C24H28Cl5N3O4S. The van der Waals surface area contributed by atoms with E-state index in [2.05, 4.69) is 5.32 Å². The zero-order chi connectivity index (χ0) is 28.3. The van der Waals surface area contributed by atoms with Gasteiger partial charge in [0.25, 0.3) is 0 Å². The molecule has 1 atom stereocenters. The van der Waals surface area contributed by atoms with E-state index < -0.39 is 34.1 Å². The highest BCUT2D eigenvalue weighted by Crippen LogP contribution is 2.36. The smallest absolute Gasteiger partial charge is 0.244 e. The molecule has 1 N–H and O–H groups in total. The number of halogens is 5. The van der Waals surface area contributed by atoms with Gasteiger partial charge in [0.2, 0.25) is 21.8 Å². The monoisotopic (exact) mass is 629 g/mol. The quantitative estimate of drug-likeness (QED) is 0.323. The first-order valence-corrected chi connectivity index (χ1v) is 14.9. The van der Waals surface area contributed by atoms with Crippen molar-refractivity contribution in [2.75, 3.05) is 17.1 Å². The molecule has 0 aromatic heterocycles. The predicted molar refractivity (Wildman–Crippen MR) is 153 cm³/mol. The van der Waals surface area contributed by atoms with E-state index in [-0.39, 0.29) is 44.7 Å². The zero-order valence-corrected chi connectivity index (χ0v) is 25.5. The van der Waals surface area contributed by atoms with Crippen molar-refractivity contribution in [2.24, 2.45) is 0 Å². The van der Waals surface area contributed by atoms with Gasteiger partial charge in [-0.15, -0.1) is 0 Å². The van der Waals surface area contributed by atoms with E-state index in [0.717, 1.165) is 10.6 Å². The molecule has 0 bridgehead atoms. The van der Waals surface area contributed by atoms with Crippen molar-refractivity contribution in [1.29, 1.82) is 0 Å². The Morgan fingerprint density at radius 3 is 2.00 bits per heavy atom. The molecule has 2 aromatic carbocycles. The number of amides is 2. The molecular weight excluding hydrogens is 604 g/mol. The number of carbonyl (C=O) groups excluding carboxylic acids is 2. The number of sulfonamides is 1.